The molecule has 3 rings (SSSR count). The summed E-state index contributed by atoms with van der Waals surface area (Å²) < 4.78 is 17.3. The number of piperidine rings is 1. The van der Waals surface area contributed by atoms with Crippen LogP contribution in [-0.4, -0.2) is 73.5 Å². The third kappa shape index (κ3) is 7.82. The van der Waals surface area contributed by atoms with Crippen molar-refractivity contribution in [3.63, 3.8) is 0 Å². The Labute approximate surface area is 211 Å². The van der Waals surface area contributed by atoms with E-state index in [0.717, 1.165) is 0 Å². The van der Waals surface area contributed by atoms with E-state index >= 15 is 0 Å². The highest BCUT2D eigenvalue weighted by Crippen LogP contribution is 2.23. The number of nitrogens with one attached hydrogen (secondary N) is 2. The Morgan fingerprint density at radius 1 is 1.16 bits per heavy atom. The number of amides is 3. The Hall–Kier alpha value is -3.84. The van der Waals surface area contributed by atoms with Crippen molar-refractivity contribution in [2.24, 2.45) is 5.11 Å². The van der Waals surface area contributed by atoms with Gasteiger partial charge in [-0.15, -0.1) is 0 Å². The average molecular weight is 516 g/mol. The van der Waals surface area contributed by atoms with E-state index in [1.807, 2.05) is 0 Å². The van der Waals surface area contributed by atoms with Crippen LogP contribution in [0.15, 0.2) is 28.1 Å². The second-order valence-corrected chi connectivity index (χ2v) is 8.09. The van der Waals surface area contributed by atoms with Gasteiger partial charge in [-0.3, -0.25) is 29.1 Å². The number of aromatic nitrogens is 2. The minimum Gasteiger partial charge on any atom is -0.379 e. The fraction of sp³-hybridized carbons (Fsp3) is 0.522. The number of ether oxygens (including phenoxy) is 3. The molecule has 0 radical (unpaired) electrons. The van der Waals surface area contributed by atoms with Crippen LogP contribution in [0.5, 0.6) is 0 Å². The molecule has 0 bridgehead atoms. The second kappa shape index (κ2) is 14.0. The summed E-state index contributed by atoms with van der Waals surface area (Å²) in [4.78, 5) is 56.5. The van der Waals surface area contributed by atoms with Gasteiger partial charge in [-0.2, -0.15) is 0 Å². The molecule has 0 aliphatic carbocycles. The highest BCUT2D eigenvalue weighted by atomic mass is 16.5. The average Bonchev–Trinajstić information content (AvgIpc) is 2.86. The van der Waals surface area contributed by atoms with Crippen LogP contribution in [0.2, 0.25) is 0 Å². The number of benzene rings is 1. The minimum absolute atomic E-state index is 0.0885. The van der Waals surface area contributed by atoms with Crippen molar-refractivity contribution < 1.29 is 28.6 Å². The summed E-state index contributed by atoms with van der Waals surface area (Å²) in [6, 6.07) is 4.03. The molecule has 1 aliphatic rings. The first-order valence-corrected chi connectivity index (χ1v) is 11.8. The minimum atomic E-state index is -0.821. The predicted octanol–water partition coefficient (Wildman–Crippen LogP) is 1.37. The van der Waals surface area contributed by atoms with Gasteiger partial charge in [0.2, 0.25) is 17.7 Å². The monoisotopic (exact) mass is 515 g/mol. The maximum Gasteiger partial charge on any atom is 0.262 e. The smallest absolute Gasteiger partial charge is 0.262 e. The quantitative estimate of drug-likeness (QED) is 0.124. The summed E-state index contributed by atoms with van der Waals surface area (Å²) in [6.45, 7) is 3.79. The van der Waals surface area contributed by atoms with Crippen LogP contribution < -0.4 is 16.2 Å². The lowest BCUT2D eigenvalue weighted by Crippen LogP contribution is -2.45. The molecule has 1 saturated heterocycles. The highest BCUT2D eigenvalue weighted by molar-refractivity contribution is 6.01. The summed E-state index contributed by atoms with van der Waals surface area (Å²) in [5, 5.41) is 8.62. The zero-order valence-electron chi connectivity index (χ0n) is 20.5. The third-order valence-electron chi connectivity index (χ3n) is 5.52. The molecule has 0 saturated carbocycles. The lowest BCUT2D eigenvalue weighted by Gasteiger charge is -2.24. The van der Waals surface area contributed by atoms with Gasteiger partial charge in [0, 0.05) is 17.9 Å². The molecule has 2 N–H and O–H groups in total. The van der Waals surface area contributed by atoms with Crippen molar-refractivity contribution in [2.75, 3.05) is 51.5 Å². The Morgan fingerprint density at radius 2 is 1.86 bits per heavy atom. The Morgan fingerprint density at radius 3 is 2.57 bits per heavy atom. The number of nitrogens with zero attached hydrogens (tertiary/aromatic N) is 5. The molecule has 37 heavy (non-hydrogen) atoms. The fourth-order valence-electron chi connectivity index (χ4n) is 3.79. The van der Waals surface area contributed by atoms with E-state index in [2.05, 4.69) is 25.6 Å². The van der Waals surface area contributed by atoms with E-state index in [9.17, 15) is 19.2 Å². The number of aryl methyl sites for hydroxylation is 1. The summed E-state index contributed by atoms with van der Waals surface area (Å²) in [6.07, 6.45) is 0.442. The van der Waals surface area contributed by atoms with Crippen molar-refractivity contribution in [3.05, 3.63) is 44.8 Å². The van der Waals surface area contributed by atoms with Crippen molar-refractivity contribution in [2.45, 2.75) is 32.2 Å². The molecule has 1 aromatic heterocycles. The fourth-order valence-corrected chi connectivity index (χ4v) is 3.79. The molecule has 1 unspecified atom stereocenters. The Kier molecular flexibility index (Phi) is 10.5. The zero-order valence-corrected chi connectivity index (χ0v) is 20.5. The molecule has 1 aliphatic heterocycles. The number of para-hydroxylation sites is 1. The van der Waals surface area contributed by atoms with E-state index in [4.69, 9.17) is 19.7 Å². The molecular formula is C23H29N7O7. The van der Waals surface area contributed by atoms with E-state index in [1.165, 1.54) is 4.57 Å². The molecule has 0 spiro atoms. The summed E-state index contributed by atoms with van der Waals surface area (Å²) in [5.41, 5.74) is 8.42. The largest absolute Gasteiger partial charge is 0.379 e. The number of rotatable bonds is 14. The van der Waals surface area contributed by atoms with Gasteiger partial charge in [-0.05, 0) is 31.0 Å². The number of anilines is 1. The molecule has 14 heteroatoms. The predicted molar refractivity (Wildman–Crippen MR) is 132 cm³/mol. The first-order valence-electron chi connectivity index (χ1n) is 11.8. The SMILES string of the molecule is Cc1nc2c(NC(=O)CCOCCOCCOCCN=[N+]=[N-])cccc2c(=O)n1C1CCC(=O)NC1=O. The number of azide groups is 1. The number of imide groups is 1. The molecule has 3 amide bonds. The van der Waals surface area contributed by atoms with Gasteiger partial charge >= 0.3 is 0 Å². The molecule has 2 heterocycles. The first-order chi connectivity index (χ1) is 17.9. The van der Waals surface area contributed by atoms with Crippen LogP contribution >= 0.6 is 0 Å². The molecule has 1 aromatic carbocycles. The molecule has 1 atom stereocenters. The van der Waals surface area contributed by atoms with Crippen molar-refractivity contribution >= 4 is 34.3 Å². The van der Waals surface area contributed by atoms with E-state index < -0.39 is 17.5 Å². The normalized spacial score (nSPS) is 15.3. The lowest BCUT2D eigenvalue weighted by molar-refractivity contribution is -0.135. The molecule has 14 nitrogen and oxygen atoms in total. The van der Waals surface area contributed by atoms with Crippen LogP contribution in [0, 0.1) is 6.92 Å². The van der Waals surface area contributed by atoms with E-state index in [-0.39, 0.29) is 49.6 Å². The molecule has 2 aromatic rings. The van der Waals surface area contributed by atoms with Crippen molar-refractivity contribution in [3.8, 4) is 0 Å². The van der Waals surface area contributed by atoms with E-state index in [0.29, 0.717) is 50.1 Å². The number of carbonyl (C=O) groups is 3. The number of carbonyl (C=O) groups excluding carboxylic acids is 3. The topological polar surface area (TPSA) is 187 Å². The van der Waals surface area contributed by atoms with Gasteiger partial charge in [0.1, 0.15) is 17.4 Å². The lowest BCUT2D eigenvalue weighted by atomic mass is 10.1. The van der Waals surface area contributed by atoms with Gasteiger partial charge in [0.05, 0.1) is 57.1 Å². The van der Waals surface area contributed by atoms with Crippen molar-refractivity contribution in [1.82, 2.24) is 14.9 Å². The molecule has 1 fully saturated rings. The number of hydrogen-bond acceptors (Lipinski definition) is 9. The third-order valence-corrected chi connectivity index (χ3v) is 5.52. The summed E-state index contributed by atoms with van der Waals surface area (Å²) >= 11 is 0. The van der Waals surface area contributed by atoms with Crippen LogP contribution in [-0.2, 0) is 28.6 Å². The van der Waals surface area contributed by atoms with Crippen molar-refractivity contribution in [1.29, 1.82) is 0 Å². The second-order valence-electron chi connectivity index (χ2n) is 8.09. The van der Waals surface area contributed by atoms with Gasteiger partial charge in [0.15, 0.2) is 0 Å². The zero-order chi connectivity index (χ0) is 26.6. The van der Waals surface area contributed by atoms with Crippen LogP contribution in [0.4, 0.5) is 5.69 Å². The summed E-state index contributed by atoms with van der Waals surface area (Å²) in [7, 11) is 0. The molecular weight excluding hydrogens is 486 g/mol. The Bertz CT molecular complexity index is 1240. The van der Waals surface area contributed by atoms with Crippen LogP contribution in [0.1, 0.15) is 31.1 Å². The Balaban J connectivity index is 1.49. The van der Waals surface area contributed by atoms with Gasteiger partial charge < -0.3 is 19.5 Å². The van der Waals surface area contributed by atoms with Gasteiger partial charge in [-0.1, -0.05) is 11.2 Å². The highest BCUT2D eigenvalue weighted by Gasteiger charge is 2.30. The summed E-state index contributed by atoms with van der Waals surface area (Å²) in [5.74, 6) is -0.908. The standard InChI is InChI=1S/C23H29N7O7/c1-15-26-21-16(23(34)30(15)18-5-6-19(31)28-22(18)33)3-2-4-17(21)27-20(32)7-9-35-11-13-37-14-12-36-10-8-25-29-24/h2-4,18H,5-14H2,1H3,(H,27,32)(H,28,31,33). The first kappa shape index (κ1) is 27.7. The number of hydrogen-bond donors (Lipinski definition) is 2. The van der Waals surface area contributed by atoms with E-state index in [1.54, 1.807) is 25.1 Å². The van der Waals surface area contributed by atoms with Crippen LogP contribution in [0.25, 0.3) is 21.3 Å². The maximum atomic E-state index is 13.2. The van der Waals surface area contributed by atoms with Crippen LogP contribution in [0.3, 0.4) is 0 Å². The van der Waals surface area contributed by atoms with Gasteiger partial charge in [-0.25, -0.2) is 4.98 Å². The van der Waals surface area contributed by atoms with Gasteiger partial charge in [0.25, 0.3) is 5.56 Å². The molecule has 198 valence electrons. The maximum absolute atomic E-state index is 13.2. The number of fused-ring (bicyclic) bond motifs is 1.